The molecule has 230 valence electrons. The highest BCUT2D eigenvalue weighted by molar-refractivity contribution is 6.33. The highest BCUT2D eigenvalue weighted by atomic mass is 19.1. The molecule has 0 fully saturated rings. The Morgan fingerprint density at radius 3 is 1.14 bits per heavy atom. The summed E-state index contributed by atoms with van der Waals surface area (Å²) in [5.41, 5.74) is 8.64. The van der Waals surface area contributed by atoms with Gasteiger partial charge in [0.05, 0.1) is 23.3 Å². The Bertz CT molecular complexity index is 2640. The van der Waals surface area contributed by atoms with Crippen molar-refractivity contribution in [2.45, 2.75) is 0 Å². The largest absolute Gasteiger partial charge is 0.207 e. The molecule has 0 N–H and O–H groups in total. The van der Waals surface area contributed by atoms with Crippen molar-refractivity contribution in [3.63, 3.8) is 0 Å². The van der Waals surface area contributed by atoms with Gasteiger partial charge in [-0.3, -0.25) is 0 Å². The van der Waals surface area contributed by atoms with Crippen molar-refractivity contribution < 1.29 is 8.78 Å². The van der Waals surface area contributed by atoms with Crippen LogP contribution in [0, 0.1) is 57.0 Å². The highest BCUT2D eigenvalue weighted by Crippen LogP contribution is 2.54. The van der Waals surface area contributed by atoms with Gasteiger partial charge in [-0.1, -0.05) is 72.8 Å². The average molecular weight is 643 g/mol. The molecule has 6 heteroatoms. The zero-order chi connectivity index (χ0) is 34.5. The summed E-state index contributed by atoms with van der Waals surface area (Å²) in [6.45, 7) is 0. The SMILES string of the molecule is N#CC(C#N)=c1c(-c2ccc(C#N)cc2)c2c3ccc(-c4ccc(F)cc4)c4c(-c5ccc(F)cc5)ccc(c-2c1-c1ccc(C#N)cc1)c34. The number of fused-ring (bicyclic) bond motifs is 3. The van der Waals surface area contributed by atoms with Crippen LogP contribution in [0.1, 0.15) is 11.1 Å². The van der Waals surface area contributed by atoms with Gasteiger partial charge in [-0.05, 0) is 115 Å². The normalized spacial score (nSPS) is 10.9. The van der Waals surface area contributed by atoms with Crippen LogP contribution < -0.4 is 5.22 Å². The fraction of sp³-hybridized carbons (Fsp3) is 0. The quantitative estimate of drug-likeness (QED) is 0.191. The van der Waals surface area contributed by atoms with Crippen molar-refractivity contribution in [2.75, 3.05) is 0 Å². The summed E-state index contributed by atoms with van der Waals surface area (Å²) in [6, 6.07) is 43.3. The lowest BCUT2D eigenvalue weighted by Gasteiger charge is -2.14. The third kappa shape index (κ3) is 4.53. The Balaban J connectivity index is 1.63. The Kier molecular flexibility index (Phi) is 7.02. The van der Waals surface area contributed by atoms with Gasteiger partial charge in [-0.2, -0.15) is 21.0 Å². The Morgan fingerprint density at radius 1 is 0.400 bits per heavy atom. The standard InChI is InChI=1S/C44H20F2N4/c45-32-13-9-27(10-14-32)34-17-19-36-42-37(20-18-35(41(34)42)28-11-15-33(46)16-12-28)44-39(30-7-3-26(22-48)4-8-30)40(31(23-49)24-50)38(43(36)44)29-5-1-25(21-47)2-6-29/h1-20H. The molecule has 0 spiro atoms. The summed E-state index contributed by atoms with van der Waals surface area (Å²) in [7, 11) is 0. The van der Waals surface area contributed by atoms with E-state index in [9.17, 15) is 29.8 Å². The maximum absolute atomic E-state index is 14.1. The highest BCUT2D eigenvalue weighted by Gasteiger charge is 2.31. The van der Waals surface area contributed by atoms with E-state index in [0.29, 0.717) is 27.5 Å². The minimum atomic E-state index is -0.354. The van der Waals surface area contributed by atoms with Crippen molar-refractivity contribution in [3.05, 3.63) is 149 Å². The molecule has 0 bridgehead atoms. The van der Waals surface area contributed by atoms with Gasteiger partial charge in [0.2, 0.25) is 0 Å². The van der Waals surface area contributed by atoms with Crippen LogP contribution >= 0.6 is 0 Å². The van der Waals surface area contributed by atoms with Crippen molar-refractivity contribution in [2.24, 2.45) is 0 Å². The van der Waals surface area contributed by atoms with Crippen LogP contribution in [0.2, 0.25) is 0 Å². The second-order valence-electron chi connectivity index (χ2n) is 11.9. The van der Waals surface area contributed by atoms with Gasteiger partial charge in [-0.15, -0.1) is 0 Å². The van der Waals surface area contributed by atoms with Gasteiger partial charge < -0.3 is 0 Å². The van der Waals surface area contributed by atoms with Crippen LogP contribution in [-0.2, 0) is 0 Å². The first kappa shape index (κ1) is 30.0. The maximum atomic E-state index is 14.1. The number of benzene rings is 6. The summed E-state index contributed by atoms with van der Waals surface area (Å²) in [4.78, 5) is 0. The number of nitriles is 4. The fourth-order valence-corrected chi connectivity index (χ4v) is 7.20. The molecular formula is C44H20F2N4. The number of halogens is 2. The van der Waals surface area contributed by atoms with E-state index in [0.717, 1.165) is 66.1 Å². The van der Waals surface area contributed by atoms with E-state index in [1.807, 2.05) is 48.5 Å². The lowest BCUT2D eigenvalue weighted by atomic mass is 9.89. The number of hydrogen-bond donors (Lipinski definition) is 0. The topological polar surface area (TPSA) is 95.2 Å². The first-order valence-electron chi connectivity index (χ1n) is 15.6. The molecule has 2 aliphatic rings. The van der Waals surface area contributed by atoms with Gasteiger partial charge in [0.15, 0.2) is 0 Å². The van der Waals surface area contributed by atoms with Gasteiger partial charge in [0.1, 0.15) is 29.3 Å². The van der Waals surface area contributed by atoms with E-state index in [1.54, 1.807) is 48.5 Å². The predicted octanol–water partition coefficient (Wildman–Crippen LogP) is 10.1. The van der Waals surface area contributed by atoms with Crippen molar-refractivity contribution in [1.29, 1.82) is 21.0 Å². The van der Waals surface area contributed by atoms with Gasteiger partial charge in [0, 0.05) is 16.3 Å². The molecule has 8 rings (SSSR count). The van der Waals surface area contributed by atoms with Crippen LogP contribution in [0.15, 0.2) is 121 Å². The van der Waals surface area contributed by atoms with Gasteiger partial charge in [-0.25, -0.2) is 8.78 Å². The minimum Gasteiger partial charge on any atom is -0.207 e. The summed E-state index contributed by atoms with van der Waals surface area (Å²) in [5, 5.41) is 43.8. The summed E-state index contributed by atoms with van der Waals surface area (Å²) in [5.74, 6) is -0.708. The van der Waals surface area contributed by atoms with Crippen molar-refractivity contribution in [3.8, 4) is 79.9 Å². The molecule has 0 aromatic heterocycles. The molecule has 0 atom stereocenters. The second kappa shape index (κ2) is 11.7. The summed E-state index contributed by atoms with van der Waals surface area (Å²) < 4.78 is 28.2. The first-order valence-corrected chi connectivity index (χ1v) is 15.6. The number of nitrogens with zero attached hydrogens (tertiary/aromatic N) is 4. The maximum Gasteiger partial charge on any atom is 0.138 e. The van der Waals surface area contributed by atoms with Crippen molar-refractivity contribution >= 4 is 27.1 Å². The number of hydrogen-bond acceptors (Lipinski definition) is 4. The molecule has 0 amide bonds. The minimum absolute atomic E-state index is 0.0678. The Morgan fingerprint density at radius 2 is 0.780 bits per heavy atom. The smallest absolute Gasteiger partial charge is 0.138 e. The molecule has 0 heterocycles. The summed E-state index contributed by atoms with van der Waals surface area (Å²) >= 11 is 0. The molecule has 2 aliphatic carbocycles. The van der Waals surface area contributed by atoms with E-state index >= 15 is 0 Å². The molecule has 0 unspecified atom stereocenters. The third-order valence-corrected chi connectivity index (χ3v) is 9.34. The monoisotopic (exact) mass is 642 g/mol. The molecule has 0 aliphatic heterocycles. The average Bonchev–Trinajstić information content (AvgIpc) is 3.67. The van der Waals surface area contributed by atoms with E-state index in [1.165, 1.54) is 24.3 Å². The Hall–Kier alpha value is -7.38. The zero-order valence-electron chi connectivity index (χ0n) is 26.1. The lowest BCUT2D eigenvalue weighted by molar-refractivity contribution is 0.627. The van der Waals surface area contributed by atoms with Gasteiger partial charge in [0.25, 0.3) is 0 Å². The molecule has 6 aromatic rings. The first-order chi connectivity index (χ1) is 24.4. The van der Waals surface area contributed by atoms with Crippen molar-refractivity contribution in [1.82, 2.24) is 0 Å². The van der Waals surface area contributed by atoms with Crippen LogP contribution in [0.4, 0.5) is 8.78 Å². The van der Waals surface area contributed by atoms with E-state index < -0.39 is 0 Å². The van der Waals surface area contributed by atoms with Crippen LogP contribution in [-0.4, -0.2) is 0 Å². The molecule has 4 nitrogen and oxygen atoms in total. The third-order valence-electron chi connectivity index (χ3n) is 9.34. The van der Waals surface area contributed by atoms with Crippen LogP contribution in [0.5, 0.6) is 0 Å². The molecule has 0 radical (unpaired) electrons. The van der Waals surface area contributed by atoms with Crippen LogP contribution in [0.3, 0.4) is 0 Å². The molecule has 0 saturated heterocycles. The molecule has 50 heavy (non-hydrogen) atoms. The molecular weight excluding hydrogens is 623 g/mol. The van der Waals surface area contributed by atoms with E-state index in [2.05, 4.69) is 24.3 Å². The lowest BCUT2D eigenvalue weighted by Crippen LogP contribution is -2.09. The number of rotatable bonds is 4. The second-order valence-corrected chi connectivity index (χ2v) is 11.9. The summed E-state index contributed by atoms with van der Waals surface area (Å²) in [6.07, 6.45) is 0. The van der Waals surface area contributed by atoms with Gasteiger partial charge >= 0.3 is 0 Å². The Labute approximate surface area is 285 Å². The molecule has 0 saturated carbocycles. The zero-order valence-corrected chi connectivity index (χ0v) is 26.1. The predicted molar refractivity (Wildman–Crippen MR) is 190 cm³/mol. The van der Waals surface area contributed by atoms with E-state index in [-0.39, 0.29) is 17.2 Å². The van der Waals surface area contributed by atoms with Crippen LogP contribution in [0.25, 0.3) is 82.8 Å². The fourth-order valence-electron chi connectivity index (χ4n) is 7.20. The molecule has 6 aromatic carbocycles. The van der Waals surface area contributed by atoms with E-state index in [4.69, 9.17) is 0 Å².